The van der Waals surface area contributed by atoms with Crippen molar-refractivity contribution in [3.8, 4) is 5.69 Å². The van der Waals surface area contributed by atoms with Crippen LogP contribution < -0.4 is 10.9 Å². The van der Waals surface area contributed by atoms with E-state index in [1.54, 1.807) is 23.6 Å². The maximum atomic E-state index is 13.5. The lowest BCUT2D eigenvalue weighted by molar-refractivity contribution is -0.115. The van der Waals surface area contributed by atoms with Gasteiger partial charge < -0.3 is 9.84 Å². The highest BCUT2D eigenvalue weighted by atomic mass is 32.2. The van der Waals surface area contributed by atoms with Crippen molar-refractivity contribution in [2.24, 2.45) is 0 Å². The van der Waals surface area contributed by atoms with Crippen LogP contribution in [0, 0.1) is 20.8 Å². The number of nitrogens with one attached hydrogen (secondary N) is 1. The van der Waals surface area contributed by atoms with Crippen LogP contribution in [0.4, 0.5) is 5.82 Å². The van der Waals surface area contributed by atoms with E-state index < -0.39 is 0 Å². The number of rotatable bonds is 6. The van der Waals surface area contributed by atoms with Crippen molar-refractivity contribution < 1.29 is 9.32 Å². The van der Waals surface area contributed by atoms with E-state index in [0.29, 0.717) is 33.7 Å². The summed E-state index contributed by atoms with van der Waals surface area (Å²) in [7, 11) is 0. The summed E-state index contributed by atoms with van der Waals surface area (Å²) >= 11 is 1.40. The van der Waals surface area contributed by atoms with E-state index in [1.807, 2.05) is 54.6 Å². The Morgan fingerprint density at radius 1 is 1.09 bits per heavy atom. The number of carbonyl (C=O) groups is 1. The topological polar surface area (TPSA) is 107 Å². The normalized spacial score (nSPS) is 11.4. The van der Waals surface area contributed by atoms with Crippen LogP contribution in [0.25, 0.3) is 22.4 Å². The summed E-state index contributed by atoms with van der Waals surface area (Å²) in [6.45, 7) is 5.72. The van der Waals surface area contributed by atoms with Crippen molar-refractivity contribution >= 4 is 40.2 Å². The van der Waals surface area contributed by atoms with E-state index in [2.05, 4.69) is 20.7 Å². The van der Waals surface area contributed by atoms with E-state index in [-0.39, 0.29) is 17.9 Å². The first-order valence-electron chi connectivity index (χ1n) is 10.7. The van der Waals surface area contributed by atoms with Gasteiger partial charge in [-0.05, 0) is 50.1 Å². The summed E-state index contributed by atoms with van der Waals surface area (Å²) in [5, 5.41) is 16.4. The first-order chi connectivity index (χ1) is 16.4. The largest absolute Gasteiger partial charge is 0.360 e. The fourth-order valence-corrected chi connectivity index (χ4v) is 4.69. The van der Waals surface area contributed by atoms with Crippen LogP contribution in [0.1, 0.15) is 23.3 Å². The van der Waals surface area contributed by atoms with Crippen LogP contribution in [0.15, 0.2) is 63.0 Å². The van der Waals surface area contributed by atoms with Crippen LogP contribution in [-0.2, 0) is 4.79 Å². The molecule has 0 bridgehead atoms. The number of hydrogen-bond acceptors (Lipinski definition) is 7. The Morgan fingerprint density at radius 2 is 1.91 bits per heavy atom. The third-order valence-electron chi connectivity index (χ3n) is 5.46. The molecule has 0 spiro atoms. The molecule has 0 saturated carbocycles. The van der Waals surface area contributed by atoms with Gasteiger partial charge in [-0.3, -0.25) is 14.0 Å². The average molecular weight is 475 g/mol. The molecule has 172 valence electrons. The highest BCUT2D eigenvalue weighted by Gasteiger charge is 2.19. The number of thioether (sulfide) groups is 1. The number of fused-ring (bicyclic) bond motifs is 3. The Kier molecular flexibility index (Phi) is 5.66. The van der Waals surface area contributed by atoms with E-state index in [1.165, 1.54) is 11.8 Å². The summed E-state index contributed by atoms with van der Waals surface area (Å²) in [6, 6.07) is 15.0. The second-order valence-electron chi connectivity index (χ2n) is 8.04. The second-order valence-corrected chi connectivity index (χ2v) is 9.10. The molecule has 5 aromatic rings. The van der Waals surface area contributed by atoms with Crippen LogP contribution >= 0.6 is 11.8 Å². The molecule has 3 aromatic heterocycles. The van der Waals surface area contributed by atoms with Gasteiger partial charge in [-0.2, -0.15) is 0 Å². The first kappa shape index (κ1) is 21.9. The van der Waals surface area contributed by atoms with Gasteiger partial charge in [-0.25, -0.2) is 4.57 Å². The van der Waals surface area contributed by atoms with Crippen LogP contribution in [-0.4, -0.2) is 36.0 Å². The van der Waals surface area contributed by atoms with Gasteiger partial charge in [0.05, 0.1) is 16.6 Å². The summed E-state index contributed by atoms with van der Waals surface area (Å²) in [4.78, 5) is 25.8. The highest BCUT2D eigenvalue weighted by Crippen LogP contribution is 2.25. The van der Waals surface area contributed by atoms with E-state index in [4.69, 9.17) is 4.52 Å². The number of anilines is 1. The molecule has 3 heterocycles. The Bertz CT molecular complexity index is 1600. The fourth-order valence-electron chi connectivity index (χ4n) is 3.82. The van der Waals surface area contributed by atoms with Gasteiger partial charge in [0.1, 0.15) is 5.76 Å². The third kappa shape index (κ3) is 3.96. The monoisotopic (exact) mass is 474 g/mol. The van der Waals surface area contributed by atoms with Crippen molar-refractivity contribution in [3.05, 3.63) is 75.8 Å². The minimum Gasteiger partial charge on any atom is -0.360 e. The number of hydrogen-bond donors (Lipinski definition) is 1. The van der Waals surface area contributed by atoms with Crippen LogP contribution in [0.5, 0.6) is 0 Å². The molecule has 1 amide bonds. The Hall–Kier alpha value is -3.92. The molecule has 34 heavy (non-hydrogen) atoms. The fraction of sp³-hybridized carbons (Fsp3) is 0.208. The Balaban J connectivity index is 1.52. The molecule has 0 aliphatic carbocycles. The molecule has 0 unspecified atom stereocenters. The van der Waals surface area contributed by atoms with E-state index in [9.17, 15) is 9.59 Å². The predicted octanol–water partition coefficient (Wildman–Crippen LogP) is 4.07. The molecule has 0 atom stereocenters. The highest BCUT2D eigenvalue weighted by molar-refractivity contribution is 7.99. The van der Waals surface area contributed by atoms with Crippen LogP contribution in [0.2, 0.25) is 0 Å². The molecule has 0 radical (unpaired) electrons. The molecule has 1 N–H and O–H groups in total. The minimum absolute atomic E-state index is 0.150. The zero-order valence-corrected chi connectivity index (χ0v) is 19.7. The van der Waals surface area contributed by atoms with Gasteiger partial charge in [0.2, 0.25) is 11.7 Å². The smallest absolute Gasteiger partial charge is 0.267 e. The van der Waals surface area contributed by atoms with Gasteiger partial charge in [0.15, 0.2) is 11.0 Å². The lowest BCUT2D eigenvalue weighted by Gasteiger charge is -2.14. The number of benzene rings is 2. The van der Waals surface area contributed by atoms with Gasteiger partial charge in [-0.15, -0.1) is 10.2 Å². The predicted molar refractivity (Wildman–Crippen MR) is 131 cm³/mol. The Labute approximate surface area is 198 Å². The van der Waals surface area contributed by atoms with Gasteiger partial charge >= 0.3 is 0 Å². The van der Waals surface area contributed by atoms with Crippen molar-refractivity contribution in [1.29, 1.82) is 0 Å². The lowest BCUT2D eigenvalue weighted by atomic mass is 10.1. The number of amides is 1. The van der Waals surface area contributed by atoms with E-state index in [0.717, 1.165) is 22.3 Å². The van der Waals surface area contributed by atoms with Crippen molar-refractivity contribution in [3.63, 3.8) is 0 Å². The van der Waals surface area contributed by atoms with Gasteiger partial charge in [-0.1, -0.05) is 41.2 Å². The molecule has 0 aliphatic heterocycles. The molecular formula is C24H22N6O3S. The third-order valence-corrected chi connectivity index (χ3v) is 6.39. The number of nitrogens with zero attached hydrogens (tertiary/aromatic N) is 5. The number of aromatic nitrogens is 5. The molecule has 0 aliphatic rings. The maximum Gasteiger partial charge on any atom is 0.267 e. The number of aryl methyl sites for hydroxylation is 3. The molecular weight excluding hydrogens is 452 g/mol. The molecule has 2 aromatic carbocycles. The maximum absolute atomic E-state index is 13.5. The minimum atomic E-state index is -0.174. The molecule has 9 nitrogen and oxygen atoms in total. The summed E-state index contributed by atoms with van der Waals surface area (Å²) in [5.74, 6) is 1.75. The lowest BCUT2D eigenvalue weighted by Crippen LogP contribution is -2.22. The van der Waals surface area contributed by atoms with Gasteiger partial charge in [0, 0.05) is 18.2 Å². The zero-order valence-electron chi connectivity index (χ0n) is 18.9. The number of para-hydroxylation sites is 1. The van der Waals surface area contributed by atoms with Crippen molar-refractivity contribution in [2.75, 3.05) is 11.1 Å². The van der Waals surface area contributed by atoms with Crippen LogP contribution in [0.3, 0.4) is 0 Å². The number of carbonyl (C=O) groups excluding carboxylic acids is 1. The zero-order chi connectivity index (χ0) is 23.8. The molecule has 10 heteroatoms. The van der Waals surface area contributed by atoms with E-state index >= 15 is 0 Å². The first-order valence-corrected chi connectivity index (χ1v) is 11.7. The SMILES string of the molecule is Cc1ccc(C)c(-n2c(=O)c3ccccc3n3c(SCCC(=O)Nc4cc(C)on4)nnc23)c1. The molecule has 0 fully saturated rings. The Morgan fingerprint density at radius 3 is 2.71 bits per heavy atom. The van der Waals surface area contributed by atoms with Gasteiger partial charge in [0.25, 0.3) is 5.56 Å². The summed E-state index contributed by atoms with van der Waals surface area (Å²) < 4.78 is 8.46. The standard InChI is InChI=1S/C24H22N6O3S/c1-14-8-9-15(2)19(12-14)29-22(32)17-6-4-5-7-18(17)30-23(29)26-27-24(30)34-11-10-21(31)25-20-13-16(3)33-28-20/h4-9,12-13H,10-11H2,1-3H3,(H,25,28,31). The second kappa shape index (κ2) is 8.79. The van der Waals surface area contributed by atoms with Crippen molar-refractivity contribution in [1.82, 2.24) is 24.3 Å². The quantitative estimate of drug-likeness (QED) is 0.370. The summed E-state index contributed by atoms with van der Waals surface area (Å²) in [6.07, 6.45) is 0.250. The average Bonchev–Trinajstić information content (AvgIpc) is 3.42. The molecule has 5 rings (SSSR count). The summed E-state index contributed by atoms with van der Waals surface area (Å²) in [5.41, 5.74) is 3.34. The molecule has 0 saturated heterocycles. The van der Waals surface area contributed by atoms with Crippen molar-refractivity contribution in [2.45, 2.75) is 32.3 Å².